The Hall–Kier alpha value is -1.44. The molecule has 0 spiro atoms. The minimum absolute atomic E-state index is 0.00465. The predicted molar refractivity (Wildman–Crippen MR) is 92.9 cm³/mol. The number of hydrogen-bond donors (Lipinski definition) is 3. The number of thioether (sulfide) groups is 1. The third-order valence-corrected chi connectivity index (χ3v) is 4.67. The van der Waals surface area contributed by atoms with Gasteiger partial charge in [-0.05, 0) is 24.6 Å². The topological polar surface area (TPSA) is 79.5 Å². The summed E-state index contributed by atoms with van der Waals surface area (Å²) in [4.78, 5) is 23.7. The number of rotatable bonds is 6. The fourth-order valence-electron chi connectivity index (χ4n) is 2.22. The molecule has 1 aromatic rings. The fraction of sp³-hybridized carbons (Fsp3) is 0.467. The van der Waals surface area contributed by atoms with Crippen molar-refractivity contribution in [1.29, 1.82) is 0 Å². The maximum atomic E-state index is 12.1. The molecule has 2 rings (SSSR count). The van der Waals surface area contributed by atoms with Crippen LogP contribution in [0.2, 0.25) is 5.02 Å². The standard InChI is InChI=1S/C15H20ClN3O3S/c1-3-10-7-13(20)19-15(17-10)23-8-14(21)18-11-6-9(16)4-5-12(11)22-2/h4-6,10,15,17H,3,7-8H2,1-2H3,(H,18,21)(H,19,20). The summed E-state index contributed by atoms with van der Waals surface area (Å²) < 4.78 is 5.19. The Balaban J connectivity index is 1.88. The number of methoxy groups -OCH3 is 1. The summed E-state index contributed by atoms with van der Waals surface area (Å²) >= 11 is 7.27. The lowest BCUT2D eigenvalue weighted by Crippen LogP contribution is -2.54. The molecule has 23 heavy (non-hydrogen) atoms. The van der Waals surface area contributed by atoms with Crippen LogP contribution in [0.4, 0.5) is 5.69 Å². The highest BCUT2D eigenvalue weighted by Gasteiger charge is 2.25. The van der Waals surface area contributed by atoms with E-state index >= 15 is 0 Å². The summed E-state index contributed by atoms with van der Waals surface area (Å²) in [5.74, 6) is 0.558. The highest BCUT2D eigenvalue weighted by Crippen LogP contribution is 2.27. The highest BCUT2D eigenvalue weighted by atomic mass is 35.5. The van der Waals surface area contributed by atoms with Gasteiger partial charge in [0.1, 0.15) is 11.2 Å². The zero-order valence-electron chi connectivity index (χ0n) is 13.0. The van der Waals surface area contributed by atoms with Crippen LogP contribution in [0.1, 0.15) is 19.8 Å². The second-order valence-corrected chi connectivity index (χ2v) is 6.66. The van der Waals surface area contributed by atoms with Crippen molar-refractivity contribution in [3.05, 3.63) is 23.2 Å². The fourth-order valence-corrected chi connectivity index (χ4v) is 3.28. The Labute approximate surface area is 144 Å². The van der Waals surface area contributed by atoms with Crippen LogP contribution in [0, 0.1) is 0 Å². The van der Waals surface area contributed by atoms with Gasteiger partial charge in [0.15, 0.2) is 0 Å². The van der Waals surface area contributed by atoms with Gasteiger partial charge in [0, 0.05) is 17.5 Å². The minimum atomic E-state index is -0.256. The SMILES string of the molecule is CCC1CC(=O)NC(SCC(=O)Nc2cc(Cl)ccc2OC)N1. The van der Waals surface area contributed by atoms with E-state index in [0.717, 1.165) is 6.42 Å². The first-order valence-electron chi connectivity index (χ1n) is 7.32. The zero-order valence-corrected chi connectivity index (χ0v) is 14.6. The van der Waals surface area contributed by atoms with E-state index in [4.69, 9.17) is 16.3 Å². The molecule has 0 bridgehead atoms. The molecule has 0 radical (unpaired) electrons. The number of carbonyl (C=O) groups is 2. The molecule has 1 aliphatic heterocycles. The average Bonchev–Trinajstić information content (AvgIpc) is 2.52. The van der Waals surface area contributed by atoms with E-state index in [-0.39, 0.29) is 29.1 Å². The van der Waals surface area contributed by atoms with Gasteiger partial charge in [0.05, 0.1) is 18.6 Å². The van der Waals surface area contributed by atoms with Crippen LogP contribution >= 0.6 is 23.4 Å². The number of halogens is 1. The van der Waals surface area contributed by atoms with Crippen molar-refractivity contribution >= 4 is 40.9 Å². The molecular formula is C15H20ClN3O3S. The van der Waals surface area contributed by atoms with Gasteiger partial charge in [-0.2, -0.15) is 0 Å². The van der Waals surface area contributed by atoms with Crippen LogP contribution in [0.25, 0.3) is 0 Å². The van der Waals surface area contributed by atoms with Gasteiger partial charge in [-0.25, -0.2) is 0 Å². The van der Waals surface area contributed by atoms with Crippen molar-refractivity contribution in [3.8, 4) is 5.75 Å². The predicted octanol–water partition coefficient (Wildman–Crippen LogP) is 2.19. The molecule has 1 saturated heterocycles. The second-order valence-electron chi connectivity index (χ2n) is 5.13. The summed E-state index contributed by atoms with van der Waals surface area (Å²) in [6.45, 7) is 2.02. The van der Waals surface area contributed by atoms with E-state index in [1.54, 1.807) is 18.2 Å². The van der Waals surface area contributed by atoms with Crippen molar-refractivity contribution < 1.29 is 14.3 Å². The number of nitrogens with one attached hydrogen (secondary N) is 3. The Morgan fingerprint density at radius 2 is 2.30 bits per heavy atom. The van der Waals surface area contributed by atoms with Gasteiger partial charge in [-0.1, -0.05) is 18.5 Å². The highest BCUT2D eigenvalue weighted by molar-refractivity contribution is 8.00. The van der Waals surface area contributed by atoms with E-state index in [1.165, 1.54) is 18.9 Å². The first kappa shape index (κ1) is 17.9. The molecular weight excluding hydrogens is 338 g/mol. The summed E-state index contributed by atoms with van der Waals surface area (Å²) in [6, 6.07) is 5.17. The Morgan fingerprint density at radius 3 is 3.00 bits per heavy atom. The molecule has 2 atom stereocenters. The maximum absolute atomic E-state index is 12.1. The molecule has 0 aliphatic carbocycles. The number of amides is 2. The monoisotopic (exact) mass is 357 g/mol. The molecule has 0 aromatic heterocycles. The van der Waals surface area contributed by atoms with Crippen LogP contribution in [0.3, 0.4) is 0 Å². The quantitative estimate of drug-likeness (QED) is 0.727. The van der Waals surface area contributed by atoms with Gasteiger partial charge in [0.2, 0.25) is 11.8 Å². The van der Waals surface area contributed by atoms with Gasteiger partial charge in [-0.15, -0.1) is 11.8 Å². The van der Waals surface area contributed by atoms with Gasteiger partial charge >= 0.3 is 0 Å². The van der Waals surface area contributed by atoms with E-state index in [2.05, 4.69) is 16.0 Å². The number of anilines is 1. The Morgan fingerprint density at radius 1 is 1.52 bits per heavy atom. The van der Waals surface area contributed by atoms with E-state index in [0.29, 0.717) is 22.9 Å². The Kier molecular flexibility index (Phi) is 6.56. The summed E-state index contributed by atoms with van der Waals surface area (Å²) in [5, 5.41) is 9.39. The van der Waals surface area contributed by atoms with Crippen molar-refractivity contribution in [2.24, 2.45) is 0 Å². The van der Waals surface area contributed by atoms with Crippen LogP contribution in [0.5, 0.6) is 5.75 Å². The van der Waals surface area contributed by atoms with E-state index < -0.39 is 0 Å². The molecule has 1 heterocycles. The first-order valence-corrected chi connectivity index (χ1v) is 8.75. The summed E-state index contributed by atoms with van der Waals surface area (Å²) in [7, 11) is 1.53. The number of ether oxygens (including phenoxy) is 1. The van der Waals surface area contributed by atoms with Gasteiger partial charge in [-0.3, -0.25) is 14.9 Å². The van der Waals surface area contributed by atoms with Gasteiger partial charge in [0.25, 0.3) is 0 Å². The van der Waals surface area contributed by atoms with Gasteiger partial charge < -0.3 is 15.4 Å². The lowest BCUT2D eigenvalue weighted by molar-refractivity contribution is -0.123. The van der Waals surface area contributed by atoms with Crippen molar-refractivity contribution in [2.75, 3.05) is 18.2 Å². The minimum Gasteiger partial charge on any atom is -0.495 e. The molecule has 1 aliphatic rings. The molecule has 1 aromatic carbocycles. The van der Waals surface area contributed by atoms with E-state index in [1.807, 2.05) is 6.92 Å². The average molecular weight is 358 g/mol. The molecule has 6 nitrogen and oxygen atoms in total. The first-order chi connectivity index (χ1) is 11.0. The molecule has 126 valence electrons. The third kappa shape index (κ3) is 5.30. The number of carbonyl (C=O) groups excluding carboxylic acids is 2. The van der Waals surface area contributed by atoms with Crippen LogP contribution < -0.4 is 20.7 Å². The molecule has 3 N–H and O–H groups in total. The number of benzene rings is 1. The normalized spacial score (nSPS) is 20.7. The van der Waals surface area contributed by atoms with E-state index in [9.17, 15) is 9.59 Å². The van der Waals surface area contributed by atoms with Crippen molar-refractivity contribution in [3.63, 3.8) is 0 Å². The zero-order chi connectivity index (χ0) is 16.8. The smallest absolute Gasteiger partial charge is 0.234 e. The third-order valence-electron chi connectivity index (χ3n) is 3.42. The second kappa shape index (κ2) is 8.42. The van der Waals surface area contributed by atoms with Crippen LogP contribution in [-0.2, 0) is 9.59 Å². The maximum Gasteiger partial charge on any atom is 0.234 e. The summed E-state index contributed by atoms with van der Waals surface area (Å²) in [5.41, 5.74) is 0.269. The summed E-state index contributed by atoms with van der Waals surface area (Å²) in [6.07, 6.45) is 1.34. The Bertz CT molecular complexity index is 585. The lowest BCUT2D eigenvalue weighted by atomic mass is 10.1. The molecule has 2 amide bonds. The molecule has 0 saturated carbocycles. The van der Waals surface area contributed by atoms with Crippen LogP contribution in [0.15, 0.2) is 18.2 Å². The largest absolute Gasteiger partial charge is 0.495 e. The molecule has 1 fully saturated rings. The molecule has 2 unspecified atom stereocenters. The number of hydrogen-bond acceptors (Lipinski definition) is 5. The lowest BCUT2D eigenvalue weighted by Gasteiger charge is -2.30. The van der Waals surface area contributed by atoms with Crippen molar-refractivity contribution in [2.45, 2.75) is 31.3 Å². The van der Waals surface area contributed by atoms with Crippen LogP contribution in [-0.4, -0.2) is 36.2 Å². The molecule has 8 heteroatoms. The van der Waals surface area contributed by atoms with Crippen molar-refractivity contribution in [1.82, 2.24) is 10.6 Å².